The summed E-state index contributed by atoms with van der Waals surface area (Å²) in [6.07, 6.45) is 3.23. The Bertz CT molecular complexity index is 1140. The van der Waals surface area contributed by atoms with Gasteiger partial charge in [0.2, 0.25) is 0 Å². The Kier molecular flexibility index (Phi) is 6.36. The minimum atomic E-state index is -0.462. The second-order valence-corrected chi connectivity index (χ2v) is 7.67. The average Bonchev–Trinajstić information content (AvgIpc) is 3.14. The van der Waals surface area contributed by atoms with Crippen LogP contribution in [0.15, 0.2) is 72.8 Å². The van der Waals surface area contributed by atoms with E-state index in [9.17, 15) is 9.59 Å². The van der Waals surface area contributed by atoms with Gasteiger partial charge in [0.25, 0.3) is 0 Å². The van der Waals surface area contributed by atoms with Crippen molar-refractivity contribution in [1.29, 1.82) is 0 Å². The van der Waals surface area contributed by atoms with Crippen LogP contribution in [0.3, 0.4) is 0 Å². The van der Waals surface area contributed by atoms with E-state index in [2.05, 4.69) is 29.6 Å². The van der Waals surface area contributed by atoms with Crippen molar-refractivity contribution in [3.05, 3.63) is 101 Å². The molecule has 0 heterocycles. The molecule has 0 saturated carbocycles. The minimum Gasteiger partial charge on any atom is -0.465 e. The van der Waals surface area contributed by atoms with Crippen LogP contribution in [0.5, 0.6) is 0 Å². The zero-order valence-corrected chi connectivity index (χ0v) is 18.1. The van der Waals surface area contributed by atoms with Crippen LogP contribution in [0.4, 0.5) is 4.79 Å². The lowest BCUT2D eigenvalue weighted by Gasteiger charge is -2.14. The first-order valence-corrected chi connectivity index (χ1v) is 10.5. The van der Waals surface area contributed by atoms with Gasteiger partial charge in [0.15, 0.2) is 0 Å². The Labute approximate surface area is 187 Å². The molecule has 5 nitrogen and oxygen atoms in total. The van der Waals surface area contributed by atoms with Crippen LogP contribution in [0.1, 0.15) is 38.5 Å². The highest BCUT2D eigenvalue weighted by Crippen LogP contribution is 2.44. The van der Waals surface area contributed by atoms with Gasteiger partial charge in [0, 0.05) is 12.5 Å². The minimum absolute atomic E-state index is 0.0346. The summed E-state index contributed by atoms with van der Waals surface area (Å²) in [7, 11) is 1.36. The first-order valence-electron chi connectivity index (χ1n) is 10.5. The number of alkyl carbamates (subject to hydrolysis) is 1. The highest BCUT2D eigenvalue weighted by molar-refractivity contribution is 5.90. The number of amides is 1. The highest BCUT2D eigenvalue weighted by atomic mass is 16.5. The molecular formula is C27H25NO4. The molecule has 0 saturated heterocycles. The topological polar surface area (TPSA) is 64.6 Å². The van der Waals surface area contributed by atoms with Crippen molar-refractivity contribution in [3.63, 3.8) is 0 Å². The molecule has 1 aliphatic carbocycles. The molecule has 1 aliphatic rings. The van der Waals surface area contributed by atoms with Gasteiger partial charge in [-0.15, -0.1) is 0 Å². The van der Waals surface area contributed by atoms with Gasteiger partial charge in [-0.1, -0.05) is 66.7 Å². The largest absolute Gasteiger partial charge is 0.465 e. The van der Waals surface area contributed by atoms with Crippen molar-refractivity contribution in [1.82, 2.24) is 5.32 Å². The number of fused-ring (bicyclic) bond motifs is 3. The summed E-state index contributed by atoms with van der Waals surface area (Å²) < 4.78 is 10.3. The summed E-state index contributed by atoms with van der Waals surface area (Å²) in [5.74, 6) is -0.344. The lowest BCUT2D eigenvalue weighted by molar-refractivity contribution is 0.0600. The molecule has 32 heavy (non-hydrogen) atoms. The Morgan fingerprint density at radius 1 is 0.969 bits per heavy atom. The monoisotopic (exact) mass is 427 g/mol. The molecule has 0 aromatic heterocycles. The zero-order valence-electron chi connectivity index (χ0n) is 18.1. The molecule has 4 rings (SSSR count). The second-order valence-electron chi connectivity index (χ2n) is 7.67. The molecule has 0 atom stereocenters. The fourth-order valence-corrected chi connectivity index (χ4v) is 4.04. The van der Waals surface area contributed by atoms with Crippen molar-refractivity contribution < 1.29 is 19.1 Å². The van der Waals surface area contributed by atoms with Crippen LogP contribution in [-0.2, 0) is 9.47 Å². The highest BCUT2D eigenvalue weighted by Gasteiger charge is 2.28. The fraction of sp³-hybridized carbons (Fsp3) is 0.185. The predicted octanol–water partition coefficient (Wildman–Crippen LogP) is 5.33. The van der Waals surface area contributed by atoms with E-state index in [-0.39, 0.29) is 18.5 Å². The predicted molar refractivity (Wildman–Crippen MR) is 125 cm³/mol. The Morgan fingerprint density at radius 2 is 1.62 bits per heavy atom. The molecule has 0 unspecified atom stereocenters. The number of hydrogen-bond donors (Lipinski definition) is 1. The van der Waals surface area contributed by atoms with Crippen LogP contribution in [0, 0.1) is 6.92 Å². The maximum absolute atomic E-state index is 12.3. The first-order chi connectivity index (χ1) is 15.6. The standard InChI is InChI=1S/C27H25NO4/c1-18-13-14-20(26(29)31-2)16-19(18)8-7-15-28-27(30)32-17-25-23-11-5-3-9-21(23)22-10-4-6-12-24(22)25/h3-14,16,25H,15,17H2,1-2H3,(H,28,30). The van der Waals surface area contributed by atoms with Crippen LogP contribution in [-0.4, -0.2) is 32.3 Å². The van der Waals surface area contributed by atoms with E-state index >= 15 is 0 Å². The van der Waals surface area contributed by atoms with Gasteiger partial charge in [0.1, 0.15) is 6.61 Å². The van der Waals surface area contributed by atoms with Crippen molar-refractivity contribution >= 4 is 18.1 Å². The van der Waals surface area contributed by atoms with E-state index < -0.39 is 6.09 Å². The maximum atomic E-state index is 12.3. The number of aryl methyl sites for hydroxylation is 1. The van der Waals surface area contributed by atoms with Crippen LogP contribution in [0.25, 0.3) is 17.2 Å². The van der Waals surface area contributed by atoms with Crippen LogP contribution in [0.2, 0.25) is 0 Å². The molecule has 3 aromatic carbocycles. The van der Waals surface area contributed by atoms with E-state index in [1.807, 2.05) is 49.4 Å². The maximum Gasteiger partial charge on any atom is 0.407 e. The van der Waals surface area contributed by atoms with Crippen molar-refractivity contribution in [2.45, 2.75) is 12.8 Å². The van der Waals surface area contributed by atoms with Crippen molar-refractivity contribution in [2.75, 3.05) is 20.3 Å². The summed E-state index contributed by atoms with van der Waals surface area (Å²) in [6.45, 7) is 2.56. The summed E-state index contributed by atoms with van der Waals surface area (Å²) >= 11 is 0. The fourth-order valence-electron chi connectivity index (χ4n) is 4.04. The first kappa shape index (κ1) is 21.4. The summed E-state index contributed by atoms with van der Waals surface area (Å²) in [5.41, 5.74) is 7.17. The van der Waals surface area contributed by atoms with Gasteiger partial charge >= 0.3 is 12.1 Å². The lowest BCUT2D eigenvalue weighted by atomic mass is 9.98. The number of nitrogens with one attached hydrogen (secondary N) is 1. The molecule has 0 spiro atoms. The molecule has 0 radical (unpaired) electrons. The van der Waals surface area contributed by atoms with E-state index in [4.69, 9.17) is 9.47 Å². The van der Waals surface area contributed by atoms with Gasteiger partial charge in [-0.05, 0) is 52.4 Å². The third-order valence-corrected chi connectivity index (χ3v) is 5.71. The Morgan fingerprint density at radius 3 is 2.28 bits per heavy atom. The van der Waals surface area contributed by atoms with E-state index in [0.717, 1.165) is 11.1 Å². The second kappa shape index (κ2) is 9.52. The number of hydrogen-bond acceptors (Lipinski definition) is 4. The summed E-state index contributed by atoms with van der Waals surface area (Å²) in [5, 5.41) is 2.75. The van der Waals surface area contributed by atoms with Gasteiger partial charge in [0.05, 0.1) is 12.7 Å². The normalized spacial score (nSPS) is 12.3. The van der Waals surface area contributed by atoms with Gasteiger partial charge < -0.3 is 14.8 Å². The van der Waals surface area contributed by atoms with E-state index in [1.165, 1.54) is 29.4 Å². The molecule has 0 bridgehead atoms. The van der Waals surface area contributed by atoms with Crippen LogP contribution >= 0.6 is 0 Å². The van der Waals surface area contributed by atoms with Gasteiger partial charge in [-0.2, -0.15) is 0 Å². The quantitative estimate of drug-likeness (QED) is 0.540. The lowest BCUT2D eigenvalue weighted by Crippen LogP contribution is -2.26. The number of methoxy groups -OCH3 is 1. The zero-order chi connectivity index (χ0) is 22.5. The third kappa shape index (κ3) is 4.42. The van der Waals surface area contributed by atoms with Crippen molar-refractivity contribution in [3.8, 4) is 11.1 Å². The Balaban J connectivity index is 1.33. The summed E-state index contributed by atoms with van der Waals surface area (Å²) in [4.78, 5) is 24.0. The number of esters is 1. The smallest absolute Gasteiger partial charge is 0.407 e. The van der Waals surface area contributed by atoms with Crippen molar-refractivity contribution in [2.24, 2.45) is 0 Å². The molecule has 1 N–H and O–H groups in total. The Hall–Kier alpha value is -3.86. The molecule has 0 fully saturated rings. The average molecular weight is 428 g/mol. The SMILES string of the molecule is COC(=O)c1ccc(C)c(C=CCNC(=O)OCC2c3ccccc3-c3ccccc32)c1. The van der Waals surface area contributed by atoms with E-state index in [0.29, 0.717) is 12.1 Å². The molecule has 3 aromatic rings. The number of carbonyl (C=O) groups excluding carboxylic acids is 2. The molecule has 1 amide bonds. The molecular weight excluding hydrogens is 402 g/mol. The molecule has 162 valence electrons. The third-order valence-electron chi connectivity index (χ3n) is 5.71. The van der Waals surface area contributed by atoms with Gasteiger partial charge in [-0.3, -0.25) is 0 Å². The molecule has 0 aliphatic heterocycles. The van der Waals surface area contributed by atoms with Gasteiger partial charge in [-0.25, -0.2) is 9.59 Å². The number of rotatable bonds is 6. The number of carbonyl (C=O) groups is 2. The van der Waals surface area contributed by atoms with Crippen LogP contribution < -0.4 is 5.32 Å². The number of benzene rings is 3. The number of ether oxygens (including phenoxy) is 2. The summed E-state index contributed by atoms with van der Waals surface area (Å²) in [6, 6.07) is 21.8. The molecule has 5 heteroatoms. The van der Waals surface area contributed by atoms with E-state index in [1.54, 1.807) is 12.1 Å².